The molecule has 0 radical (unpaired) electrons. The van der Waals surface area contributed by atoms with Crippen LogP contribution in [-0.4, -0.2) is 48.0 Å². The lowest BCUT2D eigenvalue weighted by molar-refractivity contribution is 0.00578. The van der Waals surface area contributed by atoms with Gasteiger partial charge < -0.3 is 18.9 Å². The minimum absolute atomic E-state index is 0.167. The number of carbonyl (C=O) groups excluding carboxylic acids is 1. The quantitative estimate of drug-likeness (QED) is 0.632. The van der Waals surface area contributed by atoms with E-state index >= 15 is 0 Å². The molecular weight excluding hydrogens is 389 g/mol. The lowest BCUT2D eigenvalue weighted by Crippen LogP contribution is -2.41. The summed E-state index contributed by atoms with van der Waals surface area (Å²) in [7, 11) is -0.314. The number of hydrogen-bond acceptors (Lipinski definition) is 4. The summed E-state index contributed by atoms with van der Waals surface area (Å²) in [6, 6.07) is 8.80. The molecule has 3 aliphatic rings. The van der Waals surface area contributed by atoms with E-state index in [0.717, 1.165) is 31.4 Å². The van der Waals surface area contributed by atoms with E-state index in [0.29, 0.717) is 5.92 Å². The zero-order valence-corrected chi connectivity index (χ0v) is 20.3. The van der Waals surface area contributed by atoms with Crippen molar-refractivity contribution < 1.29 is 18.8 Å². The fourth-order valence-electron chi connectivity index (χ4n) is 5.18. The van der Waals surface area contributed by atoms with Gasteiger partial charge in [-0.05, 0) is 96.5 Å². The first-order valence-electron chi connectivity index (χ1n) is 11.7. The molecule has 170 valence electrons. The zero-order chi connectivity index (χ0) is 22.7. The lowest BCUT2D eigenvalue weighted by atomic mass is 9.78. The molecule has 2 unspecified atom stereocenters. The van der Waals surface area contributed by atoms with Crippen molar-refractivity contribution >= 4 is 18.7 Å². The van der Waals surface area contributed by atoms with Gasteiger partial charge >= 0.3 is 13.2 Å². The molecule has 1 amide bonds. The first-order valence-corrected chi connectivity index (χ1v) is 11.7. The highest BCUT2D eigenvalue weighted by Crippen LogP contribution is 2.51. The van der Waals surface area contributed by atoms with Crippen molar-refractivity contribution in [1.82, 2.24) is 4.90 Å². The van der Waals surface area contributed by atoms with Crippen LogP contribution < -0.4 is 5.46 Å². The molecule has 2 atom stereocenters. The molecule has 1 aromatic rings. The summed E-state index contributed by atoms with van der Waals surface area (Å²) in [6.45, 7) is 15.7. The van der Waals surface area contributed by atoms with E-state index < -0.39 is 5.60 Å². The summed E-state index contributed by atoms with van der Waals surface area (Å²) in [6.07, 6.45) is 4.41. The fourth-order valence-corrected chi connectivity index (χ4v) is 5.18. The van der Waals surface area contributed by atoms with Gasteiger partial charge in [0.25, 0.3) is 0 Å². The Balaban J connectivity index is 1.38. The van der Waals surface area contributed by atoms with E-state index in [4.69, 9.17) is 14.0 Å². The average Bonchev–Trinajstić information content (AvgIpc) is 3.32. The van der Waals surface area contributed by atoms with Crippen LogP contribution in [0.2, 0.25) is 0 Å². The van der Waals surface area contributed by atoms with Crippen LogP contribution in [0, 0.1) is 5.41 Å². The van der Waals surface area contributed by atoms with Crippen molar-refractivity contribution in [3.05, 3.63) is 29.8 Å². The second-order valence-electron chi connectivity index (χ2n) is 11.8. The van der Waals surface area contributed by atoms with Crippen molar-refractivity contribution in [3.63, 3.8) is 0 Å². The zero-order valence-electron chi connectivity index (χ0n) is 20.3. The summed E-state index contributed by atoms with van der Waals surface area (Å²) < 4.78 is 18.0. The Labute approximate surface area is 188 Å². The smallest absolute Gasteiger partial charge is 0.444 e. The Morgan fingerprint density at radius 2 is 1.68 bits per heavy atom. The second kappa shape index (κ2) is 7.52. The maximum Gasteiger partial charge on any atom is 0.494 e. The first-order chi connectivity index (χ1) is 14.3. The van der Waals surface area contributed by atoms with E-state index in [2.05, 4.69) is 52.0 Å². The molecule has 4 rings (SSSR count). The Hall–Kier alpha value is -1.53. The molecule has 1 aromatic carbocycles. The number of amides is 1. The summed E-state index contributed by atoms with van der Waals surface area (Å²) in [5.41, 5.74) is 1.61. The van der Waals surface area contributed by atoms with Gasteiger partial charge in [-0.1, -0.05) is 24.3 Å². The third-order valence-corrected chi connectivity index (χ3v) is 7.73. The van der Waals surface area contributed by atoms with Gasteiger partial charge in [-0.15, -0.1) is 0 Å². The predicted molar refractivity (Wildman–Crippen MR) is 124 cm³/mol. The molecule has 0 bridgehead atoms. The number of hydrogen-bond donors (Lipinski definition) is 0. The minimum Gasteiger partial charge on any atom is -0.444 e. The van der Waals surface area contributed by atoms with Gasteiger partial charge in [-0.3, -0.25) is 0 Å². The largest absolute Gasteiger partial charge is 0.494 e. The maximum absolute atomic E-state index is 12.5. The van der Waals surface area contributed by atoms with E-state index in [-0.39, 0.29) is 29.8 Å². The van der Waals surface area contributed by atoms with Crippen molar-refractivity contribution in [2.45, 2.75) is 96.9 Å². The molecule has 31 heavy (non-hydrogen) atoms. The van der Waals surface area contributed by atoms with E-state index in [1.165, 1.54) is 18.4 Å². The van der Waals surface area contributed by atoms with Crippen molar-refractivity contribution in [2.24, 2.45) is 5.41 Å². The molecule has 1 spiro atoms. The highest BCUT2D eigenvalue weighted by atomic mass is 16.7. The van der Waals surface area contributed by atoms with Crippen molar-refractivity contribution in [3.8, 4) is 0 Å². The Kier molecular flexibility index (Phi) is 5.49. The normalized spacial score (nSPS) is 29.7. The molecule has 1 aliphatic carbocycles. The fraction of sp³-hybridized carbons (Fsp3) is 0.720. The van der Waals surface area contributed by atoms with Crippen LogP contribution in [0.4, 0.5) is 4.79 Å². The van der Waals surface area contributed by atoms with Gasteiger partial charge in [0.15, 0.2) is 0 Å². The standard InChI is InChI=1S/C25H38BNO4/c1-22(2,3)29-21(28)27-15-14-25(17-27)13-12-19(16-25)18-8-10-20(11-9-18)26-30-23(4,5)24(6,7)31-26/h8-11,19H,12-17H2,1-7H3. The monoisotopic (exact) mass is 427 g/mol. The molecule has 3 fully saturated rings. The molecule has 5 nitrogen and oxygen atoms in total. The van der Waals surface area contributed by atoms with E-state index in [9.17, 15) is 4.79 Å². The second-order valence-corrected chi connectivity index (χ2v) is 11.8. The van der Waals surface area contributed by atoms with Gasteiger partial charge in [0, 0.05) is 13.1 Å². The number of likely N-dealkylation sites (tertiary alicyclic amines) is 1. The van der Waals surface area contributed by atoms with Crippen LogP contribution in [0.1, 0.15) is 85.6 Å². The van der Waals surface area contributed by atoms with Crippen LogP contribution in [-0.2, 0) is 14.0 Å². The van der Waals surface area contributed by atoms with Crippen LogP contribution >= 0.6 is 0 Å². The van der Waals surface area contributed by atoms with E-state index in [1.807, 2.05) is 25.7 Å². The topological polar surface area (TPSA) is 48.0 Å². The number of nitrogens with zero attached hydrogens (tertiary/aromatic N) is 1. The molecule has 2 saturated heterocycles. The molecule has 2 heterocycles. The van der Waals surface area contributed by atoms with Crippen LogP contribution in [0.5, 0.6) is 0 Å². The summed E-state index contributed by atoms with van der Waals surface area (Å²) >= 11 is 0. The third kappa shape index (κ3) is 4.52. The molecule has 0 aromatic heterocycles. The number of benzene rings is 1. The summed E-state index contributed by atoms with van der Waals surface area (Å²) in [5, 5.41) is 0. The van der Waals surface area contributed by atoms with Gasteiger partial charge in [0.2, 0.25) is 0 Å². The summed E-state index contributed by atoms with van der Waals surface area (Å²) in [4.78, 5) is 14.4. The lowest BCUT2D eigenvalue weighted by Gasteiger charge is -2.32. The molecule has 0 N–H and O–H groups in total. The van der Waals surface area contributed by atoms with Gasteiger partial charge in [-0.2, -0.15) is 0 Å². The van der Waals surface area contributed by atoms with Crippen molar-refractivity contribution in [2.75, 3.05) is 13.1 Å². The van der Waals surface area contributed by atoms with Gasteiger partial charge in [0.05, 0.1) is 11.2 Å². The number of carbonyl (C=O) groups is 1. The molecule has 2 aliphatic heterocycles. The third-order valence-electron chi connectivity index (χ3n) is 7.73. The SMILES string of the molecule is CC(C)(C)OC(=O)N1CCC2(CCC(c3ccc(B4OC(C)(C)C(C)(C)O4)cc3)C2)C1. The molecular formula is C25H38BNO4. The van der Waals surface area contributed by atoms with E-state index in [1.54, 1.807) is 0 Å². The Bertz CT molecular complexity index is 813. The highest BCUT2D eigenvalue weighted by molar-refractivity contribution is 6.62. The van der Waals surface area contributed by atoms with Gasteiger partial charge in [-0.25, -0.2) is 4.79 Å². The van der Waals surface area contributed by atoms with Crippen LogP contribution in [0.3, 0.4) is 0 Å². The highest BCUT2D eigenvalue weighted by Gasteiger charge is 2.52. The Morgan fingerprint density at radius 1 is 1.06 bits per heavy atom. The van der Waals surface area contributed by atoms with Gasteiger partial charge in [0.1, 0.15) is 5.60 Å². The van der Waals surface area contributed by atoms with Crippen molar-refractivity contribution in [1.29, 1.82) is 0 Å². The van der Waals surface area contributed by atoms with Crippen LogP contribution in [0.15, 0.2) is 24.3 Å². The Morgan fingerprint density at radius 3 is 2.26 bits per heavy atom. The average molecular weight is 427 g/mol. The molecule has 1 saturated carbocycles. The number of ether oxygens (including phenoxy) is 1. The number of rotatable bonds is 2. The minimum atomic E-state index is -0.441. The maximum atomic E-state index is 12.5. The molecule has 6 heteroatoms. The first kappa shape index (κ1) is 22.7. The summed E-state index contributed by atoms with van der Waals surface area (Å²) in [5.74, 6) is 0.547. The predicted octanol–water partition coefficient (Wildman–Crippen LogP) is 4.88. The van der Waals surface area contributed by atoms with Crippen LogP contribution in [0.25, 0.3) is 0 Å².